The number of carbonyl (C=O) groups excluding carboxylic acids is 1. The molecule has 0 atom stereocenters. The molecule has 2 rings (SSSR count). The van der Waals surface area contributed by atoms with Crippen LogP contribution in [0.15, 0.2) is 23.0 Å². The highest BCUT2D eigenvalue weighted by atomic mass is 16.4. The Morgan fingerprint density at radius 1 is 1.45 bits per heavy atom. The minimum absolute atomic E-state index is 0.205. The molecule has 0 aliphatic heterocycles. The Morgan fingerprint density at radius 2 is 2.15 bits per heavy atom. The maximum atomic E-state index is 12.0. The van der Waals surface area contributed by atoms with Gasteiger partial charge in [-0.05, 0) is 49.7 Å². The van der Waals surface area contributed by atoms with Crippen LogP contribution >= 0.6 is 0 Å². The van der Waals surface area contributed by atoms with Crippen LogP contribution in [0.5, 0.6) is 0 Å². The lowest BCUT2D eigenvalue weighted by Crippen LogP contribution is -2.56. The first-order chi connectivity index (χ1) is 9.52. The molecule has 1 heterocycles. The molecule has 1 aromatic heterocycles. The lowest BCUT2D eigenvalue weighted by molar-refractivity contribution is -0.149. The zero-order valence-electron chi connectivity index (χ0n) is 11.7. The summed E-state index contributed by atoms with van der Waals surface area (Å²) in [5.41, 5.74) is -0.123. The van der Waals surface area contributed by atoms with Gasteiger partial charge in [0.25, 0.3) is 0 Å². The molecule has 1 aliphatic carbocycles. The summed E-state index contributed by atoms with van der Waals surface area (Å²) in [7, 11) is 0. The van der Waals surface area contributed by atoms with E-state index in [1.807, 2.05) is 6.07 Å². The minimum Gasteiger partial charge on any atom is -0.480 e. The van der Waals surface area contributed by atoms with E-state index in [2.05, 4.69) is 12.2 Å². The fourth-order valence-corrected chi connectivity index (χ4v) is 2.67. The number of hydrogen-bond donors (Lipinski definition) is 2. The molecule has 110 valence electrons. The number of rotatable bonds is 5. The molecule has 0 aromatic carbocycles. The Bertz CT molecular complexity index is 458. The van der Waals surface area contributed by atoms with E-state index in [-0.39, 0.29) is 12.3 Å². The van der Waals surface area contributed by atoms with Gasteiger partial charge in [-0.1, -0.05) is 6.92 Å². The van der Waals surface area contributed by atoms with Crippen molar-refractivity contribution in [2.24, 2.45) is 5.92 Å². The van der Waals surface area contributed by atoms with E-state index in [0.29, 0.717) is 25.2 Å². The first kappa shape index (κ1) is 14.6. The molecule has 20 heavy (non-hydrogen) atoms. The number of carboxylic acids is 1. The number of furan rings is 1. The number of nitrogens with one attached hydrogen (secondary N) is 1. The molecule has 0 bridgehead atoms. The van der Waals surface area contributed by atoms with Crippen molar-refractivity contribution in [3.8, 4) is 0 Å². The third-order valence-electron chi connectivity index (χ3n) is 4.14. The van der Waals surface area contributed by atoms with Crippen molar-refractivity contribution >= 4 is 11.9 Å². The summed E-state index contributed by atoms with van der Waals surface area (Å²) in [6, 6.07) is 1.81. The molecule has 2 N–H and O–H groups in total. The van der Waals surface area contributed by atoms with Gasteiger partial charge in [0.05, 0.1) is 12.5 Å². The Labute approximate surface area is 118 Å². The van der Waals surface area contributed by atoms with Crippen molar-refractivity contribution in [1.29, 1.82) is 0 Å². The lowest BCUT2D eigenvalue weighted by atomic mass is 9.77. The molecule has 1 saturated carbocycles. The predicted molar refractivity (Wildman–Crippen MR) is 73.2 cm³/mol. The standard InChI is InChI=1S/C15H21NO4/c1-11-4-7-15(8-5-11,14(18)19)16-13(17)3-2-12-6-9-20-10-12/h6,9-11H,2-5,7-8H2,1H3,(H,16,17)(H,18,19). The fraction of sp³-hybridized carbons (Fsp3) is 0.600. The highest BCUT2D eigenvalue weighted by Gasteiger charge is 2.42. The van der Waals surface area contributed by atoms with Crippen LogP contribution in [0, 0.1) is 5.92 Å². The molecule has 1 aromatic rings. The highest BCUT2D eigenvalue weighted by Crippen LogP contribution is 2.32. The number of carbonyl (C=O) groups is 2. The van der Waals surface area contributed by atoms with E-state index < -0.39 is 11.5 Å². The molecule has 0 saturated heterocycles. The van der Waals surface area contributed by atoms with Crippen LogP contribution in [-0.2, 0) is 16.0 Å². The normalized spacial score (nSPS) is 26.1. The molecule has 0 unspecified atom stereocenters. The first-order valence-electron chi connectivity index (χ1n) is 7.07. The van der Waals surface area contributed by atoms with E-state index in [1.54, 1.807) is 12.5 Å². The van der Waals surface area contributed by atoms with Gasteiger partial charge in [-0.25, -0.2) is 4.79 Å². The van der Waals surface area contributed by atoms with E-state index in [1.165, 1.54) is 0 Å². The zero-order valence-corrected chi connectivity index (χ0v) is 11.7. The number of aryl methyl sites for hydroxylation is 1. The Balaban J connectivity index is 1.91. The predicted octanol–water partition coefficient (Wildman–Crippen LogP) is 2.36. The van der Waals surface area contributed by atoms with E-state index in [0.717, 1.165) is 18.4 Å². The fourth-order valence-electron chi connectivity index (χ4n) is 2.67. The minimum atomic E-state index is -1.07. The maximum Gasteiger partial charge on any atom is 0.329 e. The van der Waals surface area contributed by atoms with Gasteiger partial charge in [-0.3, -0.25) is 4.79 Å². The molecule has 1 amide bonds. The Kier molecular flexibility index (Phi) is 4.47. The van der Waals surface area contributed by atoms with Crippen molar-refractivity contribution in [2.45, 2.75) is 51.0 Å². The van der Waals surface area contributed by atoms with E-state index >= 15 is 0 Å². The number of carboxylic acid groups (broad SMARTS) is 1. The SMILES string of the molecule is CC1CCC(NC(=O)CCc2ccoc2)(C(=O)O)CC1. The van der Waals surface area contributed by atoms with Gasteiger partial charge in [0.2, 0.25) is 5.91 Å². The van der Waals surface area contributed by atoms with Crippen LogP contribution in [0.1, 0.15) is 44.6 Å². The number of amides is 1. The summed E-state index contributed by atoms with van der Waals surface area (Å²) in [6.45, 7) is 2.12. The van der Waals surface area contributed by atoms with E-state index in [4.69, 9.17) is 4.42 Å². The zero-order chi connectivity index (χ0) is 14.6. The smallest absolute Gasteiger partial charge is 0.329 e. The van der Waals surface area contributed by atoms with Crippen LogP contribution in [0.3, 0.4) is 0 Å². The van der Waals surface area contributed by atoms with Crippen molar-refractivity contribution in [2.75, 3.05) is 0 Å². The summed E-state index contributed by atoms with van der Waals surface area (Å²) in [5.74, 6) is -0.588. The van der Waals surface area contributed by atoms with Crippen molar-refractivity contribution in [1.82, 2.24) is 5.32 Å². The molecule has 0 radical (unpaired) electrons. The van der Waals surface area contributed by atoms with Crippen LogP contribution < -0.4 is 5.32 Å². The third-order valence-corrected chi connectivity index (χ3v) is 4.14. The van der Waals surface area contributed by atoms with Gasteiger partial charge >= 0.3 is 5.97 Å². The maximum absolute atomic E-state index is 12.0. The quantitative estimate of drug-likeness (QED) is 0.867. The van der Waals surface area contributed by atoms with Crippen LogP contribution in [-0.4, -0.2) is 22.5 Å². The van der Waals surface area contributed by atoms with E-state index in [9.17, 15) is 14.7 Å². The molecule has 5 nitrogen and oxygen atoms in total. The monoisotopic (exact) mass is 279 g/mol. The van der Waals surface area contributed by atoms with Gasteiger partial charge < -0.3 is 14.8 Å². The highest BCUT2D eigenvalue weighted by molar-refractivity contribution is 5.87. The van der Waals surface area contributed by atoms with Crippen LogP contribution in [0.4, 0.5) is 0 Å². The molecule has 0 spiro atoms. The summed E-state index contributed by atoms with van der Waals surface area (Å²) in [5, 5.41) is 12.2. The van der Waals surface area contributed by atoms with Crippen molar-refractivity contribution < 1.29 is 19.1 Å². The summed E-state index contributed by atoms with van der Waals surface area (Å²) >= 11 is 0. The second kappa shape index (κ2) is 6.11. The third kappa shape index (κ3) is 3.40. The first-order valence-corrected chi connectivity index (χ1v) is 7.07. The number of hydrogen-bond acceptors (Lipinski definition) is 3. The second-order valence-electron chi connectivity index (χ2n) is 5.75. The summed E-state index contributed by atoms with van der Waals surface area (Å²) < 4.78 is 4.94. The van der Waals surface area contributed by atoms with Gasteiger partial charge in [-0.2, -0.15) is 0 Å². The lowest BCUT2D eigenvalue weighted by Gasteiger charge is -2.36. The average Bonchev–Trinajstić information content (AvgIpc) is 2.92. The molecule has 5 heteroatoms. The topological polar surface area (TPSA) is 79.5 Å². The number of aliphatic carboxylic acids is 1. The largest absolute Gasteiger partial charge is 0.480 e. The molecular weight excluding hydrogens is 258 g/mol. The van der Waals surface area contributed by atoms with Crippen molar-refractivity contribution in [3.05, 3.63) is 24.2 Å². The van der Waals surface area contributed by atoms with Gasteiger partial charge in [0, 0.05) is 6.42 Å². The van der Waals surface area contributed by atoms with Crippen LogP contribution in [0.25, 0.3) is 0 Å². The molecular formula is C15H21NO4. The van der Waals surface area contributed by atoms with Gasteiger partial charge in [0.1, 0.15) is 5.54 Å². The van der Waals surface area contributed by atoms with Gasteiger partial charge in [-0.15, -0.1) is 0 Å². The average molecular weight is 279 g/mol. The van der Waals surface area contributed by atoms with Crippen LogP contribution in [0.2, 0.25) is 0 Å². The summed E-state index contributed by atoms with van der Waals surface area (Å²) in [6.07, 6.45) is 6.72. The van der Waals surface area contributed by atoms with Crippen molar-refractivity contribution in [3.63, 3.8) is 0 Å². The van der Waals surface area contributed by atoms with Gasteiger partial charge in [0.15, 0.2) is 0 Å². The molecule has 1 fully saturated rings. The Morgan fingerprint density at radius 3 is 2.70 bits per heavy atom. The molecule has 1 aliphatic rings. The summed E-state index contributed by atoms with van der Waals surface area (Å²) in [4.78, 5) is 23.5. The Hall–Kier alpha value is -1.78. The second-order valence-corrected chi connectivity index (χ2v) is 5.75.